The van der Waals surface area contributed by atoms with Crippen molar-refractivity contribution in [3.63, 3.8) is 0 Å². The van der Waals surface area contributed by atoms with Crippen LogP contribution in [0.5, 0.6) is 0 Å². The fourth-order valence-corrected chi connectivity index (χ4v) is 1.58. The number of benzene rings is 1. The van der Waals surface area contributed by atoms with Crippen molar-refractivity contribution in [3.05, 3.63) is 28.2 Å². The molecule has 16 heavy (non-hydrogen) atoms. The smallest absolute Gasteiger partial charge is 0.100 e. The minimum Gasteiger partial charge on any atom is -0.396 e. The maximum atomic E-state index is 9.12. The van der Waals surface area contributed by atoms with E-state index in [0.29, 0.717) is 12.1 Å². The number of hydrogen-bond acceptors (Lipinski definition) is 3. The van der Waals surface area contributed by atoms with E-state index in [2.05, 4.69) is 27.3 Å². The molecule has 0 unspecified atom stereocenters. The maximum absolute atomic E-state index is 9.12. The Bertz CT molecular complexity index is 410. The second-order valence-corrected chi connectivity index (χ2v) is 5.34. The molecule has 0 heterocycles. The molecule has 0 fully saturated rings. The van der Waals surface area contributed by atoms with Crippen LogP contribution < -0.4 is 5.32 Å². The molecule has 0 aliphatic heterocycles. The second-order valence-electron chi connectivity index (χ2n) is 4.48. The molecule has 2 N–H and O–H groups in total. The van der Waals surface area contributed by atoms with Gasteiger partial charge in [-0.3, -0.25) is 0 Å². The highest BCUT2D eigenvalue weighted by molar-refractivity contribution is 9.10. The summed E-state index contributed by atoms with van der Waals surface area (Å²) in [5.74, 6) is 0. The largest absolute Gasteiger partial charge is 0.396 e. The van der Waals surface area contributed by atoms with Gasteiger partial charge in [-0.2, -0.15) is 5.26 Å². The average molecular weight is 283 g/mol. The predicted molar refractivity (Wildman–Crippen MR) is 68.2 cm³/mol. The van der Waals surface area contributed by atoms with Gasteiger partial charge in [-0.25, -0.2) is 0 Å². The van der Waals surface area contributed by atoms with Crippen molar-refractivity contribution in [1.82, 2.24) is 0 Å². The summed E-state index contributed by atoms with van der Waals surface area (Å²) in [5, 5.41) is 21.1. The van der Waals surface area contributed by atoms with Crippen LogP contribution in [0.3, 0.4) is 0 Å². The van der Waals surface area contributed by atoms with E-state index in [0.717, 1.165) is 10.2 Å². The second kappa shape index (κ2) is 5.33. The van der Waals surface area contributed by atoms with Gasteiger partial charge in [-0.1, -0.05) is 13.8 Å². The summed E-state index contributed by atoms with van der Waals surface area (Å²) in [7, 11) is 0. The lowest BCUT2D eigenvalue weighted by molar-refractivity contribution is 0.171. The highest BCUT2D eigenvalue weighted by atomic mass is 79.9. The van der Waals surface area contributed by atoms with E-state index in [1.165, 1.54) is 0 Å². The lowest BCUT2D eigenvalue weighted by Crippen LogP contribution is -2.26. The minimum atomic E-state index is -0.152. The van der Waals surface area contributed by atoms with Gasteiger partial charge in [0, 0.05) is 28.7 Å². The molecular formula is C12H15BrN2O. The van der Waals surface area contributed by atoms with Crippen molar-refractivity contribution in [2.45, 2.75) is 13.8 Å². The molecule has 1 rings (SSSR count). The Labute approximate surface area is 104 Å². The molecule has 4 heteroatoms. The van der Waals surface area contributed by atoms with Crippen LogP contribution >= 0.6 is 15.9 Å². The average Bonchev–Trinajstić information content (AvgIpc) is 2.27. The van der Waals surface area contributed by atoms with E-state index in [-0.39, 0.29) is 12.0 Å². The van der Waals surface area contributed by atoms with Crippen molar-refractivity contribution >= 4 is 21.6 Å². The maximum Gasteiger partial charge on any atom is 0.100 e. The molecule has 0 saturated heterocycles. The quantitative estimate of drug-likeness (QED) is 0.893. The van der Waals surface area contributed by atoms with Gasteiger partial charge < -0.3 is 10.4 Å². The Morgan fingerprint density at radius 3 is 2.69 bits per heavy atom. The number of aliphatic hydroxyl groups is 1. The van der Waals surface area contributed by atoms with E-state index in [4.69, 9.17) is 10.4 Å². The number of aliphatic hydroxyl groups excluding tert-OH is 1. The molecule has 3 nitrogen and oxygen atoms in total. The van der Waals surface area contributed by atoms with Gasteiger partial charge in [-0.05, 0) is 34.1 Å². The van der Waals surface area contributed by atoms with Crippen molar-refractivity contribution in [2.75, 3.05) is 18.5 Å². The number of anilines is 1. The molecule has 0 radical (unpaired) electrons. The lowest BCUT2D eigenvalue weighted by Gasteiger charge is -2.22. The standard InChI is InChI=1S/C12H15BrN2O/c1-12(2,8-16)7-15-10-4-3-9(6-14)11(13)5-10/h3-5,15-16H,7-8H2,1-2H3. The molecule has 0 amide bonds. The molecule has 0 aromatic heterocycles. The van der Waals surface area contributed by atoms with Crippen LogP contribution in [0.2, 0.25) is 0 Å². The van der Waals surface area contributed by atoms with Crippen LogP contribution in [0.4, 0.5) is 5.69 Å². The summed E-state index contributed by atoms with van der Waals surface area (Å²) in [6.07, 6.45) is 0. The summed E-state index contributed by atoms with van der Waals surface area (Å²) >= 11 is 3.33. The van der Waals surface area contributed by atoms with Crippen LogP contribution in [0.15, 0.2) is 22.7 Å². The van der Waals surface area contributed by atoms with E-state index < -0.39 is 0 Å². The molecule has 86 valence electrons. The van der Waals surface area contributed by atoms with Gasteiger partial charge in [0.05, 0.1) is 5.56 Å². The van der Waals surface area contributed by atoms with Crippen molar-refractivity contribution < 1.29 is 5.11 Å². The van der Waals surface area contributed by atoms with Gasteiger partial charge in [0.1, 0.15) is 6.07 Å². The third-order valence-corrected chi connectivity index (χ3v) is 2.94. The fraction of sp³-hybridized carbons (Fsp3) is 0.417. The monoisotopic (exact) mass is 282 g/mol. The van der Waals surface area contributed by atoms with Gasteiger partial charge in [-0.15, -0.1) is 0 Å². The first-order chi connectivity index (χ1) is 7.48. The number of nitrogens with one attached hydrogen (secondary N) is 1. The molecule has 1 aromatic carbocycles. The zero-order valence-electron chi connectivity index (χ0n) is 9.42. The summed E-state index contributed by atoms with van der Waals surface area (Å²) in [6, 6.07) is 7.58. The Kier molecular flexibility index (Phi) is 4.34. The van der Waals surface area contributed by atoms with E-state index >= 15 is 0 Å². The van der Waals surface area contributed by atoms with Crippen molar-refractivity contribution in [1.29, 1.82) is 5.26 Å². The van der Waals surface area contributed by atoms with Crippen LogP contribution in [-0.4, -0.2) is 18.3 Å². The molecular weight excluding hydrogens is 268 g/mol. The summed E-state index contributed by atoms with van der Waals surface area (Å²) < 4.78 is 0.779. The lowest BCUT2D eigenvalue weighted by atomic mass is 9.95. The number of nitriles is 1. The third-order valence-electron chi connectivity index (χ3n) is 2.29. The normalized spacial score (nSPS) is 10.9. The first-order valence-electron chi connectivity index (χ1n) is 5.03. The van der Waals surface area contributed by atoms with E-state index in [1.54, 1.807) is 6.07 Å². The SMILES string of the molecule is CC(C)(CO)CNc1ccc(C#N)c(Br)c1. The first-order valence-corrected chi connectivity index (χ1v) is 5.82. The summed E-state index contributed by atoms with van der Waals surface area (Å²) in [4.78, 5) is 0. The van der Waals surface area contributed by atoms with Gasteiger partial charge in [0.2, 0.25) is 0 Å². The van der Waals surface area contributed by atoms with Gasteiger partial charge in [0.15, 0.2) is 0 Å². The Morgan fingerprint density at radius 2 is 2.19 bits per heavy atom. The van der Waals surface area contributed by atoms with Crippen LogP contribution in [0.1, 0.15) is 19.4 Å². The molecule has 0 spiro atoms. The Hall–Kier alpha value is -1.05. The van der Waals surface area contributed by atoms with E-state index in [1.807, 2.05) is 26.0 Å². The summed E-state index contributed by atoms with van der Waals surface area (Å²) in [5.41, 5.74) is 1.40. The fourth-order valence-electron chi connectivity index (χ4n) is 1.11. The Morgan fingerprint density at radius 1 is 1.50 bits per heavy atom. The molecule has 0 atom stereocenters. The van der Waals surface area contributed by atoms with Crippen LogP contribution in [-0.2, 0) is 0 Å². The van der Waals surface area contributed by atoms with E-state index in [9.17, 15) is 0 Å². The number of nitrogens with zero attached hydrogens (tertiary/aromatic N) is 1. The van der Waals surface area contributed by atoms with Gasteiger partial charge in [0.25, 0.3) is 0 Å². The highest BCUT2D eigenvalue weighted by Gasteiger charge is 2.15. The van der Waals surface area contributed by atoms with Crippen LogP contribution in [0, 0.1) is 16.7 Å². The van der Waals surface area contributed by atoms with Gasteiger partial charge >= 0.3 is 0 Å². The summed E-state index contributed by atoms with van der Waals surface area (Å²) in [6.45, 7) is 4.79. The number of rotatable bonds is 4. The van der Waals surface area contributed by atoms with Crippen LogP contribution in [0.25, 0.3) is 0 Å². The predicted octanol–water partition coefficient (Wildman–Crippen LogP) is 2.75. The zero-order valence-corrected chi connectivity index (χ0v) is 11.0. The highest BCUT2D eigenvalue weighted by Crippen LogP contribution is 2.22. The molecule has 1 aromatic rings. The van der Waals surface area contributed by atoms with Crippen molar-refractivity contribution in [3.8, 4) is 6.07 Å². The number of hydrogen-bond donors (Lipinski definition) is 2. The van der Waals surface area contributed by atoms with Crippen molar-refractivity contribution in [2.24, 2.45) is 5.41 Å². The number of halogens is 1. The molecule has 0 bridgehead atoms. The molecule has 0 aliphatic rings. The third kappa shape index (κ3) is 3.51. The molecule has 0 saturated carbocycles. The first kappa shape index (κ1) is 13.0. The topological polar surface area (TPSA) is 56.0 Å². The Balaban J connectivity index is 2.70. The zero-order chi connectivity index (χ0) is 12.2. The minimum absolute atomic E-state index is 0.136. The molecule has 0 aliphatic carbocycles.